The summed E-state index contributed by atoms with van der Waals surface area (Å²) in [7, 11) is 1.65. The second-order valence-electron chi connectivity index (χ2n) is 5.35. The first-order valence-corrected chi connectivity index (χ1v) is 8.17. The molecule has 2 aromatic rings. The van der Waals surface area contributed by atoms with E-state index in [1.165, 1.54) is 0 Å². The van der Waals surface area contributed by atoms with Crippen LogP contribution in [0.3, 0.4) is 0 Å². The van der Waals surface area contributed by atoms with Crippen LogP contribution in [0.2, 0.25) is 5.02 Å². The predicted molar refractivity (Wildman–Crippen MR) is 95.3 cm³/mol. The van der Waals surface area contributed by atoms with Crippen LogP contribution in [-0.2, 0) is 24.2 Å². The van der Waals surface area contributed by atoms with Crippen LogP contribution < -0.4 is 5.32 Å². The van der Waals surface area contributed by atoms with Crippen LogP contribution in [0.15, 0.2) is 36.4 Å². The highest BCUT2D eigenvalue weighted by Crippen LogP contribution is 2.30. The number of halogens is 1. The van der Waals surface area contributed by atoms with Gasteiger partial charge in [-0.2, -0.15) is 0 Å². The van der Waals surface area contributed by atoms with E-state index >= 15 is 0 Å². The molecule has 0 unspecified atom stereocenters. The largest absolute Gasteiger partial charge is 0.380 e. The smallest absolute Gasteiger partial charge is 0.255 e. The lowest BCUT2D eigenvalue weighted by Gasteiger charge is -2.16. The van der Waals surface area contributed by atoms with Crippen molar-refractivity contribution < 1.29 is 9.53 Å². The van der Waals surface area contributed by atoms with E-state index < -0.39 is 0 Å². The Bertz CT molecular complexity index is 681. The van der Waals surface area contributed by atoms with E-state index in [-0.39, 0.29) is 5.91 Å². The number of anilines is 1. The van der Waals surface area contributed by atoms with Gasteiger partial charge >= 0.3 is 0 Å². The average molecular weight is 332 g/mol. The van der Waals surface area contributed by atoms with Crippen molar-refractivity contribution in [1.29, 1.82) is 0 Å². The Labute approximate surface area is 142 Å². The molecule has 2 rings (SSSR count). The van der Waals surface area contributed by atoms with Crippen molar-refractivity contribution in [2.75, 3.05) is 12.4 Å². The van der Waals surface area contributed by atoms with E-state index in [1.54, 1.807) is 7.11 Å². The summed E-state index contributed by atoms with van der Waals surface area (Å²) < 4.78 is 5.08. The third-order valence-corrected chi connectivity index (χ3v) is 4.20. The zero-order chi connectivity index (χ0) is 16.8. The number of hydrogen-bond acceptors (Lipinski definition) is 2. The van der Waals surface area contributed by atoms with Crippen molar-refractivity contribution in [3.63, 3.8) is 0 Å². The van der Waals surface area contributed by atoms with Crippen LogP contribution in [0.4, 0.5) is 5.69 Å². The molecule has 1 amide bonds. The summed E-state index contributed by atoms with van der Waals surface area (Å²) in [4.78, 5) is 12.5. The lowest BCUT2D eigenvalue weighted by Crippen LogP contribution is -2.15. The minimum Gasteiger partial charge on any atom is -0.380 e. The number of hydrogen-bond donors (Lipinski definition) is 1. The third-order valence-electron chi connectivity index (χ3n) is 3.84. The highest BCUT2D eigenvalue weighted by atomic mass is 35.5. The Kier molecular flexibility index (Phi) is 6.20. The molecule has 0 bridgehead atoms. The van der Waals surface area contributed by atoms with E-state index in [0.29, 0.717) is 17.2 Å². The number of aryl methyl sites for hydroxylation is 1. The summed E-state index contributed by atoms with van der Waals surface area (Å²) in [5.41, 5.74) is 4.57. The first-order valence-electron chi connectivity index (χ1n) is 7.80. The number of benzene rings is 2. The Morgan fingerprint density at radius 1 is 1.09 bits per heavy atom. The number of nitrogens with one attached hydrogen (secondary N) is 1. The molecule has 122 valence electrons. The van der Waals surface area contributed by atoms with Gasteiger partial charge in [-0.3, -0.25) is 4.79 Å². The molecule has 0 saturated carbocycles. The number of amides is 1. The Morgan fingerprint density at radius 3 is 2.35 bits per heavy atom. The molecule has 0 aliphatic carbocycles. The third kappa shape index (κ3) is 4.12. The number of carbonyl (C=O) groups excluding carboxylic acids is 1. The van der Waals surface area contributed by atoms with Gasteiger partial charge in [0.2, 0.25) is 0 Å². The van der Waals surface area contributed by atoms with Gasteiger partial charge in [-0.15, -0.1) is 0 Å². The molecule has 1 N–H and O–H groups in total. The topological polar surface area (TPSA) is 38.3 Å². The SMILES string of the molecule is CCc1ccc(Cl)c(CC)c1NC(=O)c1ccc(COC)cc1. The van der Waals surface area contributed by atoms with Crippen molar-refractivity contribution in [3.8, 4) is 0 Å². The van der Waals surface area contributed by atoms with Gasteiger partial charge in [0.25, 0.3) is 5.91 Å². The first-order chi connectivity index (χ1) is 11.1. The van der Waals surface area contributed by atoms with Crippen LogP contribution in [0.5, 0.6) is 0 Å². The quantitative estimate of drug-likeness (QED) is 0.820. The number of methoxy groups -OCH3 is 1. The summed E-state index contributed by atoms with van der Waals surface area (Å²) in [6, 6.07) is 11.3. The van der Waals surface area contributed by atoms with Gasteiger partial charge in [-0.25, -0.2) is 0 Å². The maximum atomic E-state index is 12.5. The normalized spacial score (nSPS) is 10.6. The van der Waals surface area contributed by atoms with E-state index in [4.69, 9.17) is 16.3 Å². The van der Waals surface area contributed by atoms with Crippen molar-refractivity contribution in [2.45, 2.75) is 33.3 Å². The average Bonchev–Trinajstić information content (AvgIpc) is 2.56. The molecule has 0 aromatic heterocycles. The van der Waals surface area contributed by atoms with Crippen LogP contribution in [-0.4, -0.2) is 13.0 Å². The van der Waals surface area contributed by atoms with E-state index in [0.717, 1.165) is 35.2 Å². The Hall–Kier alpha value is -1.84. The maximum absolute atomic E-state index is 12.5. The van der Waals surface area contributed by atoms with Crippen LogP contribution in [0, 0.1) is 0 Å². The second kappa shape index (κ2) is 8.14. The van der Waals surface area contributed by atoms with Crippen molar-refractivity contribution in [2.24, 2.45) is 0 Å². The van der Waals surface area contributed by atoms with Gasteiger partial charge in [0.05, 0.1) is 6.61 Å². The standard InChI is InChI=1S/C19H22ClNO2/c1-4-14-10-11-17(20)16(5-2)18(14)21-19(22)15-8-6-13(7-9-15)12-23-3/h6-11H,4-5,12H2,1-3H3,(H,21,22). The molecule has 0 aliphatic heterocycles. The fraction of sp³-hybridized carbons (Fsp3) is 0.316. The number of ether oxygens (including phenoxy) is 1. The summed E-state index contributed by atoms with van der Waals surface area (Å²) in [5.74, 6) is -0.124. The fourth-order valence-electron chi connectivity index (χ4n) is 2.57. The monoisotopic (exact) mass is 331 g/mol. The first kappa shape index (κ1) is 17.5. The summed E-state index contributed by atoms with van der Waals surface area (Å²) in [5, 5.41) is 3.73. The molecule has 0 radical (unpaired) electrons. The summed E-state index contributed by atoms with van der Waals surface area (Å²) in [6.45, 7) is 4.64. The number of carbonyl (C=O) groups is 1. The molecule has 3 nitrogen and oxygen atoms in total. The predicted octanol–water partition coefficient (Wildman–Crippen LogP) is 4.86. The molecular formula is C19H22ClNO2. The molecule has 0 heterocycles. The molecule has 23 heavy (non-hydrogen) atoms. The lowest BCUT2D eigenvalue weighted by molar-refractivity contribution is 0.102. The zero-order valence-electron chi connectivity index (χ0n) is 13.8. The van der Waals surface area contributed by atoms with E-state index in [2.05, 4.69) is 12.2 Å². The Morgan fingerprint density at radius 2 is 1.78 bits per heavy atom. The molecule has 0 atom stereocenters. The van der Waals surface area contributed by atoms with Crippen molar-refractivity contribution >= 4 is 23.2 Å². The van der Waals surface area contributed by atoms with Gasteiger partial charge < -0.3 is 10.1 Å². The minimum atomic E-state index is -0.124. The minimum absolute atomic E-state index is 0.124. The van der Waals surface area contributed by atoms with Gasteiger partial charge in [0.15, 0.2) is 0 Å². The molecular weight excluding hydrogens is 310 g/mol. The van der Waals surface area contributed by atoms with Gasteiger partial charge in [0.1, 0.15) is 0 Å². The molecule has 0 aliphatic rings. The summed E-state index contributed by atoms with van der Waals surface area (Å²) in [6.07, 6.45) is 1.61. The fourth-order valence-corrected chi connectivity index (χ4v) is 2.86. The highest BCUT2D eigenvalue weighted by Gasteiger charge is 2.14. The van der Waals surface area contributed by atoms with E-state index in [9.17, 15) is 4.79 Å². The highest BCUT2D eigenvalue weighted by molar-refractivity contribution is 6.32. The number of rotatable bonds is 6. The van der Waals surface area contributed by atoms with Gasteiger partial charge in [-0.05, 0) is 47.7 Å². The van der Waals surface area contributed by atoms with Crippen LogP contribution in [0.25, 0.3) is 0 Å². The van der Waals surface area contributed by atoms with Gasteiger partial charge in [0, 0.05) is 23.4 Å². The van der Waals surface area contributed by atoms with Gasteiger partial charge in [-0.1, -0.05) is 43.6 Å². The van der Waals surface area contributed by atoms with E-state index in [1.807, 2.05) is 43.3 Å². The molecule has 4 heteroatoms. The molecule has 0 spiro atoms. The Balaban J connectivity index is 2.27. The molecule has 0 fully saturated rings. The zero-order valence-corrected chi connectivity index (χ0v) is 14.5. The second-order valence-corrected chi connectivity index (χ2v) is 5.76. The lowest BCUT2D eigenvalue weighted by atomic mass is 10.0. The summed E-state index contributed by atoms with van der Waals surface area (Å²) >= 11 is 6.28. The molecule has 0 saturated heterocycles. The van der Waals surface area contributed by atoms with Crippen molar-refractivity contribution in [3.05, 3.63) is 63.7 Å². The van der Waals surface area contributed by atoms with Crippen molar-refractivity contribution in [1.82, 2.24) is 0 Å². The maximum Gasteiger partial charge on any atom is 0.255 e. The van der Waals surface area contributed by atoms with Crippen LogP contribution in [0.1, 0.15) is 40.9 Å². The molecule has 2 aromatic carbocycles. The van der Waals surface area contributed by atoms with Crippen LogP contribution >= 0.6 is 11.6 Å².